The molecule has 0 atom stereocenters. The molecule has 2 saturated heterocycles. The molecule has 6 heteroatoms. The van der Waals surface area contributed by atoms with Gasteiger partial charge in [0.05, 0.1) is 6.61 Å². The molecule has 134 valence electrons. The first-order chi connectivity index (χ1) is 11.2. The van der Waals surface area contributed by atoms with Gasteiger partial charge in [0.1, 0.15) is 0 Å². The summed E-state index contributed by atoms with van der Waals surface area (Å²) in [6.45, 7) is 12.1. The van der Waals surface area contributed by atoms with Crippen LogP contribution in [0.2, 0.25) is 0 Å². The maximum Gasteiger partial charge on any atom is 0.221 e. The van der Waals surface area contributed by atoms with Crippen molar-refractivity contribution in [2.75, 3.05) is 72.6 Å². The van der Waals surface area contributed by atoms with Crippen molar-refractivity contribution < 1.29 is 9.53 Å². The van der Waals surface area contributed by atoms with Gasteiger partial charge in [0.25, 0.3) is 0 Å². The predicted octanol–water partition coefficient (Wildman–Crippen LogP) is 0.146. The molecule has 2 N–H and O–H groups in total. The van der Waals surface area contributed by atoms with Crippen LogP contribution in [-0.2, 0) is 9.53 Å². The van der Waals surface area contributed by atoms with E-state index in [0.29, 0.717) is 6.42 Å². The Bertz CT molecular complexity index is 345. The second-order valence-corrected chi connectivity index (χ2v) is 6.99. The Hall–Kier alpha value is -0.690. The Balaban J connectivity index is 1.66. The van der Waals surface area contributed by atoms with Gasteiger partial charge >= 0.3 is 0 Å². The first kappa shape index (κ1) is 18.6. The minimum Gasteiger partial charge on any atom is -0.384 e. The third kappa shape index (κ3) is 6.03. The number of amides is 1. The van der Waals surface area contributed by atoms with Gasteiger partial charge in [-0.1, -0.05) is 6.92 Å². The number of carbonyl (C=O) groups is 1. The van der Waals surface area contributed by atoms with Crippen molar-refractivity contribution in [3.63, 3.8) is 0 Å². The average molecular weight is 326 g/mol. The number of carbonyl (C=O) groups excluding carboxylic acids is 1. The highest BCUT2D eigenvalue weighted by Gasteiger charge is 2.32. The van der Waals surface area contributed by atoms with Crippen molar-refractivity contribution in [3.8, 4) is 0 Å². The van der Waals surface area contributed by atoms with Crippen LogP contribution in [-0.4, -0.2) is 88.3 Å². The zero-order valence-electron chi connectivity index (χ0n) is 14.9. The Morgan fingerprint density at radius 2 is 1.83 bits per heavy atom. The van der Waals surface area contributed by atoms with Crippen molar-refractivity contribution in [3.05, 3.63) is 0 Å². The Labute approximate surface area is 140 Å². The lowest BCUT2D eigenvalue weighted by atomic mass is 9.79. The normalized spacial score (nSPS) is 22.9. The molecule has 0 saturated carbocycles. The molecule has 2 aliphatic rings. The second-order valence-electron chi connectivity index (χ2n) is 6.99. The maximum absolute atomic E-state index is 12.2. The smallest absolute Gasteiger partial charge is 0.221 e. The third-order valence-electron chi connectivity index (χ3n) is 5.34. The van der Waals surface area contributed by atoms with E-state index in [1.54, 1.807) is 7.11 Å². The molecule has 23 heavy (non-hydrogen) atoms. The number of hydrogen-bond donors (Lipinski definition) is 2. The van der Waals surface area contributed by atoms with Gasteiger partial charge in [0, 0.05) is 58.2 Å². The van der Waals surface area contributed by atoms with E-state index in [1.165, 1.54) is 0 Å². The Kier molecular flexibility index (Phi) is 7.76. The summed E-state index contributed by atoms with van der Waals surface area (Å²) in [6, 6.07) is 0. The fourth-order valence-electron chi connectivity index (χ4n) is 3.60. The minimum atomic E-state index is 0.114. The summed E-state index contributed by atoms with van der Waals surface area (Å²) in [5.74, 6) is 0.178. The fourth-order valence-corrected chi connectivity index (χ4v) is 3.60. The largest absolute Gasteiger partial charge is 0.384 e. The summed E-state index contributed by atoms with van der Waals surface area (Å²) in [5, 5.41) is 6.54. The first-order valence-electron chi connectivity index (χ1n) is 9.08. The monoisotopic (exact) mass is 326 g/mol. The lowest BCUT2D eigenvalue weighted by Gasteiger charge is -2.37. The number of hydrogen-bond acceptors (Lipinski definition) is 5. The topological polar surface area (TPSA) is 56.8 Å². The number of rotatable bonds is 8. The van der Waals surface area contributed by atoms with Crippen LogP contribution in [0.4, 0.5) is 0 Å². The van der Waals surface area contributed by atoms with Gasteiger partial charge in [0.2, 0.25) is 5.91 Å². The molecule has 1 amide bonds. The van der Waals surface area contributed by atoms with E-state index in [-0.39, 0.29) is 11.3 Å². The van der Waals surface area contributed by atoms with Crippen LogP contribution in [0.25, 0.3) is 0 Å². The molecule has 2 aliphatic heterocycles. The van der Waals surface area contributed by atoms with E-state index in [1.807, 2.05) is 0 Å². The molecule has 2 fully saturated rings. The van der Waals surface area contributed by atoms with Crippen molar-refractivity contribution in [1.29, 1.82) is 0 Å². The average Bonchev–Trinajstić information content (AvgIpc) is 2.60. The molecular formula is C17H34N4O2. The molecule has 6 nitrogen and oxygen atoms in total. The number of nitrogens with zero attached hydrogens (tertiary/aromatic N) is 2. The van der Waals surface area contributed by atoms with Crippen LogP contribution in [0.1, 0.15) is 26.2 Å². The van der Waals surface area contributed by atoms with E-state index in [4.69, 9.17) is 4.74 Å². The molecule has 2 rings (SSSR count). The summed E-state index contributed by atoms with van der Waals surface area (Å²) in [6.07, 6.45) is 2.74. The quantitative estimate of drug-likeness (QED) is 0.665. The Morgan fingerprint density at radius 1 is 1.17 bits per heavy atom. The summed E-state index contributed by atoms with van der Waals surface area (Å²) in [7, 11) is 1.75. The molecule has 0 spiro atoms. The number of piperazine rings is 1. The minimum absolute atomic E-state index is 0.114. The molecule has 0 aromatic rings. The molecule has 0 unspecified atom stereocenters. The SMILES string of the molecule is CCN1CCN(CCC(=O)NCC2(COC)CCNCC2)CC1. The van der Waals surface area contributed by atoms with E-state index in [9.17, 15) is 4.79 Å². The molecule has 2 heterocycles. The highest BCUT2D eigenvalue weighted by molar-refractivity contribution is 5.76. The number of methoxy groups -OCH3 is 1. The van der Waals surface area contributed by atoms with Crippen molar-refractivity contribution in [2.24, 2.45) is 5.41 Å². The third-order valence-corrected chi connectivity index (χ3v) is 5.34. The highest BCUT2D eigenvalue weighted by atomic mass is 16.5. The summed E-state index contributed by atoms with van der Waals surface area (Å²) in [4.78, 5) is 17.1. The lowest BCUT2D eigenvalue weighted by molar-refractivity contribution is -0.122. The number of ether oxygens (including phenoxy) is 1. The highest BCUT2D eigenvalue weighted by Crippen LogP contribution is 2.28. The van der Waals surface area contributed by atoms with Gasteiger partial charge in [0.15, 0.2) is 0 Å². The first-order valence-corrected chi connectivity index (χ1v) is 9.08. The van der Waals surface area contributed by atoms with Crippen molar-refractivity contribution in [1.82, 2.24) is 20.4 Å². The second kappa shape index (κ2) is 9.57. The fraction of sp³-hybridized carbons (Fsp3) is 0.941. The van der Waals surface area contributed by atoms with Gasteiger partial charge in [-0.15, -0.1) is 0 Å². The lowest BCUT2D eigenvalue weighted by Crippen LogP contribution is -2.48. The van der Waals surface area contributed by atoms with E-state index < -0.39 is 0 Å². The van der Waals surface area contributed by atoms with Crippen LogP contribution < -0.4 is 10.6 Å². The van der Waals surface area contributed by atoms with Crippen LogP contribution in [0, 0.1) is 5.41 Å². The number of piperidine rings is 1. The molecule has 0 aromatic heterocycles. The molecule has 0 radical (unpaired) electrons. The van der Waals surface area contributed by atoms with Gasteiger partial charge in [-0.2, -0.15) is 0 Å². The zero-order valence-corrected chi connectivity index (χ0v) is 14.9. The van der Waals surface area contributed by atoms with Gasteiger partial charge in [-0.3, -0.25) is 4.79 Å². The predicted molar refractivity (Wildman–Crippen MR) is 92.6 cm³/mol. The molecule has 0 aromatic carbocycles. The van der Waals surface area contributed by atoms with Gasteiger partial charge in [-0.25, -0.2) is 0 Å². The van der Waals surface area contributed by atoms with Gasteiger partial charge < -0.3 is 25.2 Å². The van der Waals surface area contributed by atoms with Crippen LogP contribution in [0.15, 0.2) is 0 Å². The molecular weight excluding hydrogens is 292 g/mol. The summed E-state index contributed by atoms with van der Waals surface area (Å²) in [5.41, 5.74) is 0.114. The summed E-state index contributed by atoms with van der Waals surface area (Å²) >= 11 is 0. The number of likely N-dealkylation sites (N-methyl/N-ethyl adjacent to an activating group) is 1. The number of nitrogens with one attached hydrogen (secondary N) is 2. The van der Waals surface area contributed by atoms with Gasteiger partial charge in [-0.05, 0) is 32.5 Å². The van der Waals surface area contributed by atoms with Crippen molar-refractivity contribution in [2.45, 2.75) is 26.2 Å². The van der Waals surface area contributed by atoms with E-state index >= 15 is 0 Å². The van der Waals surface area contributed by atoms with Crippen LogP contribution >= 0.6 is 0 Å². The van der Waals surface area contributed by atoms with E-state index in [0.717, 1.165) is 78.4 Å². The van der Waals surface area contributed by atoms with E-state index in [2.05, 4.69) is 27.4 Å². The Morgan fingerprint density at radius 3 is 2.43 bits per heavy atom. The van der Waals surface area contributed by atoms with Crippen molar-refractivity contribution >= 4 is 5.91 Å². The maximum atomic E-state index is 12.2. The molecule has 0 aliphatic carbocycles. The molecule has 0 bridgehead atoms. The standard InChI is InChI=1S/C17H34N4O2/c1-3-20-10-12-21(13-11-20)9-4-16(22)19-14-17(15-23-2)5-7-18-8-6-17/h18H,3-15H2,1-2H3,(H,19,22). The van der Waals surface area contributed by atoms with Crippen LogP contribution in [0.3, 0.4) is 0 Å². The summed E-state index contributed by atoms with van der Waals surface area (Å²) < 4.78 is 5.40. The zero-order chi connectivity index (χ0) is 16.5. The van der Waals surface area contributed by atoms with Crippen LogP contribution in [0.5, 0.6) is 0 Å².